The molecule has 144 valence electrons. The minimum atomic E-state index is -0.395. The summed E-state index contributed by atoms with van der Waals surface area (Å²) in [4.78, 5) is 11.3. The molecule has 0 atom stereocenters. The lowest BCUT2D eigenvalue weighted by Gasteiger charge is -2.12. The van der Waals surface area contributed by atoms with Crippen LogP contribution in [0, 0.1) is 5.82 Å². The number of hydrogen-bond donors (Lipinski definition) is 1. The van der Waals surface area contributed by atoms with E-state index in [-0.39, 0.29) is 12.4 Å². The third-order valence-corrected chi connectivity index (χ3v) is 4.47. The van der Waals surface area contributed by atoms with Crippen molar-refractivity contribution in [2.24, 2.45) is 0 Å². The second-order valence-corrected chi connectivity index (χ2v) is 6.65. The maximum Gasteiger partial charge on any atom is 0.333 e. The number of hydrogen-bond acceptors (Lipinski definition) is 3. The third-order valence-electron chi connectivity index (χ3n) is 4.47. The summed E-state index contributed by atoms with van der Waals surface area (Å²) in [5.41, 5.74) is 4.84. The van der Waals surface area contributed by atoms with E-state index in [1.807, 2.05) is 37.3 Å². The van der Waals surface area contributed by atoms with E-state index in [0.29, 0.717) is 37.0 Å². The molecule has 0 aliphatic heterocycles. The van der Waals surface area contributed by atoms with Crippen molar-refractivity contribution in [3.8, 4) is 11.1 Å². The zero-order valence-corrected chi connectivity index (χ0v) is 16.1. The van der Waals surface area contributed by atoms with Gasteiger partial charge in [-0.3, -0.25) is 0 Å². The van der Waals surface area contributed by atoms with Crippen molar-refractivity contribution in [3.63, 3.8) is 0 Å². The summed E-state index contributed by atoms with van der Waals surface area (Å²) in [6, 6.07) is 11.2. The molecule has 2 aromatic carbocycles. The minimum absolute atomic E-state index is 0.104. The number of aliphatic hydroxyl groups is 1. The quantitative estimate of drug-likeness (QED) is 0.397. The molecule has 0 spiro atoms. The summed E-state index contributed by atoms with van der Waals surface area (Å²) < 4.78 is 19.8. The van der Waals surface area contributed by atoms with Crippen molar-refractivity contribution in [2.75, 3.05) is 13.2 Å². The summed E-state index contributed by atoms with van der Waals surface area (Å²) in [5, 5.41) is 9.10. The Morgan fingerprint density at radius 1 is 1.11 bits per heavy atom. The Morgan fingerprint density at radius 3 is 2.37 bits per heavy atom. The van der Waals surface area contributed by atoms with Crippen molar-refractivity contribution in [1.82, 2.24) is 0 Å². The smallest absolute Gasteiger partial charge is 0.333 e. The van der Waals surface area contributed by atoms with Gasteiger partial charge in [-0.15, -0.1) is 0 Å². The van der Waals surface area contributed by atoms with Gasteiger partial charge in [-0.1, -0.05) is 43.8 Å². The molecule has 2 rings (SSSR count). The van der Waals surface area contributed by atoms with E-state index < -0.39 is 5.97 Å². The molecule has 2 aromatic rings. The van der Waals surface area contributed by atoms with E-state index in [9.17, 15) is 9.18 Å². The molecule has 3 nitrogen and oxygen atoms in total. The van der Waals surface area contributed by atoms with Crippen LogP contribution < -0.4 is 0 Å². The number of halogens is 1. The number of aliphatic hydroxyl groups excluding tert-OH is 1. The standard InChI is InChI=1S/C23H27FO3/c1-4-19-14-18(11-12-25)7-9-20(19)21-10-8-17(15-22(21)24)6-5-13-27-23(26)16(2)3/h7-10,14-15,25H,2,4-6,11-13H2,1,3H3. The largest absolute Gasteiger partial charge is 0.462 e. The molecule has 0 aliphatic rings. The zero-order valence-electron chi connectivity index (χ0n) is 16.1. The molecule has 0 saturated carbocycles. The molecule has 0 bridgehead atoms. The number of carbonyl (C=O) groups excluding carboxylic acids is 1. The van der Waals surface area contributed by atoms with Crippen LogP contribution in [0.4, 0.5) is 4.39 Å². The Balaban J connectivity index is 2.08. The minimum Gasteiger partial charge on any atom is -0.462 e. The second kappa shape index (κ2) is 10.0. The van der Waals surface area contributed by atoms with E-state index in [4.69, 9.17) is 9.84 Å². The maximum atomic E-state index is 14.7. The topological polar surface area (TPSA) is 46.5 Å². The van der Waals surface area contributed by atoms with Crippen LogP contribution in [-0.4, -0.2) is 24.3 Å². The first kappa shape index (κ1) is 20.8. The Bertz CT molecular complexity index is 811. The lowest BCUT2D eigenvalue weighted by Crippen LogP contribution is -2.07. The van der Waals surface area contributed by atoms with E-state index in [0.717, 1.165) is 28.7 Å². The van der Waals surface area contributed by atoms with Gasteiger partial charge in [0.2, 0.25) is 0 Å². The summed E-state index contributed by atoms with van der Waals surface area (Å²) in [6.45, 7) is 7.58. The number of ether oxygens (including phenoxy) is 1. The van der Waals surface area contributed by atoms with Crippen molar-refractivity contribution >= 4 is 5.97 Å². The van der Waals surface area contributed by atoms with Gasteiger partial charge in [-0.05, 0) is 60.9 Å². The van der Waals surface area contributed by atoms with Crippen LogP contribution in [0.2, 0.25) is 0 Å². The molecule has 1 N–H and O–H groups in total. The summed E-state index contributed by atoms with van der Waals surface area (Å²) in [7, 11) is 0. The predicted octanol–water partition coefficient (Wildman–Crippen LogP) is 4.64. The van der Waals surface area contributed by atoms with E-state index in [1.54, 1.807) is 13.0 Å². The zero-order chi connectivity index (χ0) is 19.8. The lowest BCUT2D eigenvalue weighted by atomic mass is 9.94. The Morgan fingerprint density at radius 2 is 1.78 bits per heavy atom. The van der Waals surface area contributed by atoms with Crippen molar-refractivity contribution in [1.29, 1.82) is 0 Å². The average molecular weight is 370 g/mol. The van der Waals surface area contributed by atoms with E-state index in [1.165, 1.54) is 0 Å². The SMILES string of the molecule is C=C(C)C(=O)OCCCc1ccc(-c2ccc(CCO)cc2CC)c(F)c1. The van der Waals surface area contributed by atoms with Crippen LogP contribution >= 0.6 is 0 Å². The maximum absolute atomic E-state index is 14.7. The van der Waals surface area contributed by atoms with Crippen molar-refractivity contribution in [3.05, 3.63) is 71.1 Å². The Kier molecular flexibility index (Phi) is 7.74. The fraction of sp³-hybridized carbons (Fsp3) is 0.348. The first-order chi connectivity index (χ1) is 13.0. The number of aryl methyl sites for hydroxylation is 2. The predicted molar refractivity (Wildman–Crippen MR) is 106 cm³/mol. The first-order valence-corrected chi connectivity index (χ1v) is 9.30. The van der Waals surface area contributed by atoms with E-state index >= 15 is 0 Å². The fourth-order valence-electron chi connectivity index (χ4n) is 2.98. The van der Waals surface area contributed by atoms with Crippen molar-refractivity contribution in [2.45, 2.75) is 39.5 Å². The summed E-state index contributed by atoms with van der Waals surface area (Å²) in [6.07, 6.45) is 2.67. The Hall–Kier alpha value is -2.46. The number of rotatable bonds is 9. The highest BCUT2D eigenvalue weighted by Gasteiger charge is 2.11. The number of benzene rings is 2. The van der Waals surface area contributed by atoms with Crippen LogP contribution in [0.15, 0.2) is 48.6 Å². The van der Waals surface area contributed by atoms with Crippen LogP contribution in [0.3, 0.4) is 0 Å². The summed E-state index contributed by atoms with van der Waals surface area (Å²) in [5.74, 6) is -0.649. The molecule has 0 heterocycles. The highest BCUT2D eigenvalue weighted by atomic mass is 19.1. The van der Waals surface area contributed by atoms with Gasteiger partial charge >= 0.3 is 5.97 Å². The molecule has 0 saturated heterocycles. The highest BCUT2D eigenvalue weighted by Crippen LogP contribution is 2.29. The van der Waals surface area contributed by atoms with Crippen molar-refractivity contribution < 1.29 is 19.0 Å². The van der Waals surface area contributed by atoms with Crippen LogP contribution in [0.5, 0.6) is 0 Å². The van der Waals surface area contributed by atoms with Gasteiger partial charge in [-0.25, -0.2) is 9.18 Å². The van der Waals surface area contributed by atoms with Gasteiger partial charge in [0.05, 0.1) is 6.61 Å². The average Bonchev–Trinajstić information content (AvgIpc) is 2.65. The molecule has 0 radical (unpaired) electrons. The Labute approximate surface area is 160 Å². The molecule has 0 fully saturated rings. The third kappa shape index (κ3) is 5.76. The van der Waals surface area contributed by atoms with Gasteiger partial charge in [0.1, 0.15) is 5.82 Å². The molecule has 0 unspecified atom stereocenters. The molecule has 0 aromatic heterocycles. The van der Waals surface area contributed by atoms with Gasteiger partial charge in [-0.2, -0.15) is 0 Å². The second-order valence-electron chi connectivity index (χ2n) is 6.65. The molecular weight excluding hydrogens is 343 g/mol. The molecule has 0 aliphatic carbocycles. The van der Waals surface area contributed by atoms with Gasteiger partial charge in [0.15, 0.2) is 0 Å². The van der Waals surface area contributed by atoms with E-state index in [2.05, 4.69) is 6.58 Å². The monoisotopic (exact) mass is 370 g/mol. The van der Waals surface area contributed by atoms with Crippen LogP contribution in [-0.2, 0) is 28.8 Å². The van der Waals surface area contributed by atoms with Gasteiger partial charge in [0.25, 0.3) is 0 Å². The highest BCUT2D eigenvalue weighted by molar-refractivity contribution is 5.86. The molecular formula is C23H27FO3. The molecule has 0 amide bonds. The summed E-state index contributed by atoms with van der Waals surface area (Å²) >= 11 is 0. The normalized spacial score (nSPS) is 10.7. The molecule has 27 heavy (non-hydrogen) atoms. The lowest BCUT2D eigenvalue weighted by molar-refractivity contribution is -0.139. The number of esters is 1. The fourth-order valence-corrected chi connectivity index (χ4v) is 2.98. The van der Waals surface area contributed by atoms with Gasteiger partial charge < -0.3 is 9.84 Å². The van der Waals surface area contributed by atoms with Gasteiger partial charge in [0, 0.05) is 17.7 Å². The molecule has 4 heteroatoms. The number of carbonyl (C=O) groups is 1. The van der Waals surface area contributed by atoms with Crippen LogP contribution in [0.25, 0.3) is 11.1 Å². The van der Waals surface area contributed by atoms with Crippen LogP contribution in [0.1, 0.15) is 37.0 Å². The first-order valence-electron chi connectivity index (χ1n) is 9.30.